The van der Waals surface area contributed by atoms with Crippen molar-refractivity contribution in [2.45, 2.75) is 19.8 Å². The van der Waals surface area contributed by atoms with E-state index in [2.05, 4.69) is 0 Å². The van der Waals surface area contributed by atoms with Gasteiger partial charge in [-0.05, 0) is 31.0 Å². The number of esters is 1. The van der Waals surface area contributed by atoms with Crippen LogP contribution in [0.1, 0.15) is 18.9 Å². The van der Waals surface area contributed by atoms with Gasteiger partial charge in [0.25, 0.3) is 0 Å². The van der Waals surface area contributed by atoms with Crippen molar-refractivity contribution in [1.29, 1.82) is 0 Å². The van der Waals surface area contributed by atoms with Crippen molar-refractivity contribution in [3.05, 3.63) is 29.8 Å². The molecule has 1 aromatic carbocycles. The lowest BCUT2D eigenvalue weighted by atomic mass is 10.1. The molecule has 0 N–H and O–H groups in total. The minimum absolute atomic E-state index is 0.00468. The fourth-order valence-electron chi connectivity index (χ4n) is 1.72. The van der Waals surface area contributed by atoms with Crippen molar-refractivity contribution < 1.29 is 19.1 Å². The molecule has 0 fully saturated rings. The maximum absolute atomic E-state index is 11.9. The second-order valence-electron chi connectivity index (χ2n) is 4.40. The summed E-state index contributed by atoms with van der Waals surface area (Å²) in [6, 6.07) is 7.58. The molecule has 0 aromatic heterocycles. The van der Waals surface area contributed by atoms with Gasteiger partial charge in [-0.25, -0.2) is 0 Å². The summed E-state index contributed by atoms with van der Waals surface area (Å²) < 4.78 is 9.88. The highest BCUT2D eigenvalue weighted by Crippen LogP contribution is 2.12. The molecule has 5 heteroatoms. The van der Waals surface area contributed by atoms with Crippen LogP contribution in [0.15, 0.2) is 24.3 Å². The first-order chi connectivity index (χ1) is 9.56. The number of amides is 1. The highest BCUT2D eigenvalue weighted by atomic mass is 16.5. The Kier molecular flexibility index (Phi) is 6.56. The normalized spacial score (nSPS) is 9.95. The Bertz CT molecular complexity index is 442. The van der Waals surface area contributed by atoms with E-state index in [1.807, 2.05) is 24.3 Å². The summed E-state index contributed by atoms with van der Waals surface area (Å²) in [5, 5.41) is 0. The second-order valence-corrected chi connectivity index (χ2v) is 4.40. The fraction of sp³-hybridized carbons (Fsp3) is 0.467. The van der Waals surface area contributed by atoms with E-state index in [1.165, 1.54) is 4.90 Å². The maximum atomic E-state index is 11.9. The van der Waals surface area contributed by atoms with Crippen LogP contribution in [0.2, 0.25) is 0 Å². The Morgan fingerprint density at radius 3 is 2.40 bits per heavy atom. The number of ether oxygens (including phenoxy) is 2. The molecule has 0 saturated heterocycles. The number of rotatable bonds is 7. The van der Waals surface area contributed by atoms with Gasteiger partial charge in [0, 0.05) is 13.5 Å². The SMILES string of the molecule is CCOC(=O)CN(C)C(=O)CCc1ccc(OC)cc1. The number of carbonyl (C=O) groups excluding carboxylic acids is 2. The molecule has 1 amide bonds. The molecule has 1 rings (SSSR count). The molecule has 0 aliphatic rings. The zero-order valence-corrected chi connectivity index (χ0v) is 12.2. The Hall–Kier alpha value is -2.04. The first-order valence-corrected chi connectivity index (χ1v) is 6.59. The fourth-order valence-corrected chi connectivity index (χ4v) is 1.72. The van der Waals surface area contributed by atoms with Gasteiger partial charge in [-0.2, -0.15) is 0 Å². The zero-order valence-electron chi connectivity index (χ0n) is 12.2. The van der Waals surface area contributed by atoms with Crippen molar-refractivity contribution in [1.82, 2.24) is 4.90 Å². The van der Waals surface area contributed by atoms with Crippen LogP contribution in [0.5, 0.6) is 5.75 Å². The van der Waals surface area contributed by atoms with Gasteiger partial charge in [0.1, 0.15) is 12.3 Å². The highest BCUT2D eigenvalue weighted by Gasteiger charge is 2.13. The summed E-state index contributed by atoms with van der Waals surface area (Å²) in [4.78, 5) is 24.5. The number of benzene rings is 1. The van der Waals surface area contributed by atoms with Crippen molar-refractivity contribution >= 4 is 11.9 Å². The molecule has 5 nitrogen and oxygen atoms in total. The Balaban J connectivity index is 2.39. The van der Waals surface area contributed by atoms with Crippen LogP contribution < -0.4 is 4.74 Å². The topological polar surface area (TPSA) is 55.8 Å². The van der Waals surface area contributed by atoms with Gasteiger partial charge >= 0.3 is 5.97 Å². The quantitative estimate of drug-likeness (QED) is 0.712. The van der Waals surface area contributed by atoms with Gasteiger partial charge in [0.15, 0.2) is 0 Å². The number of nitrogens with zero attached hydrogens (tertiary/aromatic N) is 1. The average molecular weight is 279 g/mol. The number of hydrogen-bond donors (Lipinski definition) is 0. The predicted molar refractivity (Wildman–Crippen MR) is 75.6 cm³/mol. The lowest BCUT2D eigenvalue weighted by Gasteiger charge is -2.16. The van der Waals surface area contributed by atoms with Crippen molar-refractivity contribution in [2.24, 2.45) is 0 Å². The summed E-state index contributed by atoms with van der Waals surface area (Å²) in [7, 11) is 3.22. The summed E-state index contributed by atoms with van der Waals surface area (Å²) >= 11 is 0. The van der Waals surface area contributed by atoms with Gasteiger partial charge in [0.05, 0.1) is 13.7 Å². The highest BCUT2D eigenvalue weighted by molar-refractivity contribution is 5.81. The van der Waals surface area contributed by atoms with Crippen LogP contribution in [-0.2, 0) is 20.7 Å². The van der Waals surface area contributed by atoms with E-state index < -0.39 is 0 Å². The van der Waals surface area contributed by atoms with Gasteiger partial charge < -0.3 is 14.4 Å². The Morgan fingerprint density at radius 1 is 1.20 bits per heavy atom. The first kappa shape index (κ1) is 16.0. The van der Waals surface area contributed by atoms with E-state index in [1.54, 1.807) is 21.1 Å². The van der Waals surface area contributed by atoms with Gasteiger partial charge in [-0.1, -0.05) is 12.1 Å². The third-order valence-corrected chi connectivity index (χ3v) is 2.88. The number of hydrogen-bond acceptors (Lipinski definition) is 4. The summed E-state index contributed by atoms with van der Waals surface area (Å²) in [6.45, 7) is 2.06. The molecule has 0 heterocycles. The van der Waals surface area contributed by atoms with E-state index in [0.717, 1.165) is 11.3 Å². The third kappa shape index (κ3) is 5.30. The molecule has 0 saturated carbocycles. The van der Waals surface area contributed by atoms with E-state index in [4.69, 9.17) is 9.47 Å². The number of methoxy groups -OCH3 is 1. The van der Waals surface area contributed by atoms with Crippen LogP contribution in [-0.4, -0.2) is 44.1 Å². The molecule has 0 spiro atoms. The molecular formula is C15H21NO4. The molecule has 0 bridgehead atoms. The molecule has 0 unspecified atom stereocenters. The summed E-state index contributed by atoms with van der Waals surface area (Å²) in [5.74, 6) is 0.334. The minimum atomic E-state index is -0.382. The van der Waals surface area contributed by atoms with E-state index in [-0.39, 0.29) is 18.4 Å². The number of carbonyl (C=O) groups is 2. The Labute approximate surface area is 119 Å². The second kappa shape index (κ2) is 8.19. The van der Waals surface area contributed by atoms with E-state index in [9.17, 15) is 9.59 Å². The first-order valence-electron chi connectivity index (χ1n) is 6.59. The van der Waals surface area contributed by atoms with Gasteiger partial charge in [0.2, 0.25) is 5.91 Å². The van der Waals surface area contributed by atoms with Crippen LogP contribution >= 0.6 is 0 Å². The standard InChI is InChI=1S/C15H21NO4/c1-4-20-15(18)11-16(2)14(17)10-7-12-5-8-13(19-3)9-6-12/h5-6,8-9H,4,7,10-11H2,1-3H3. The van der Waals surface area contributed by atoms with E-state index >= 15 is 0 Å². The van der Waals surface area contributed by atoms with E-state index in [0.29, 0.717) is 19.4 Å². The number of aryl methyl sites for hydroxylation is 1. The molecule has 0 radical (unpaired) electrons. The molecule has 110 valence electrons. The zero-order chi connectivity index (χ0) is 15.0. The van der Waals surface area contributed by atoms with Gasteiger partial charge in [-0.15, -0.1) is 0 Å². The third-order valence-electron chi connectivity index (χ3n) is 2.88. The molecule has 0 atom stereocenters. The van der Waals surface area contributed by atoms with Crippen molar-refractivity contribution in [3.63, 3.8) is 0 Å². The predicted octanol–water partition coefficient (Wildman–Crippen LogP) is 1.65. The largest absolute Gasteiger partial charge is 0.497 e. The molecule has 1 aromatic rings. The van der Waals surface area contributed by atoms with Crippen LogP contribution in [0.25, 0.3) is 0 Å². The summed E-state index contributed by atoms with van der Waals surface area (Å²) in [6.07, 6.45) is 0.998. The minimum Gasteiger partial charge on any atom is -0.497 e. The van der Waals surface area contributed by atoms with Gasteiger partial charge in [-0.3, -0.25) is 9.59 Å². The monoisotopic (exact) mass is 279 g/mol. The van der Waals surface area contributed by atoms with Crippen molar-refractivity contribution in [3.8, 4) is 5.75 Å². The lowest BCUT2D eigenvalue weighted by Crippen LogP contribution is -2.33. The van der Waals surface area contributed by atoms with Crippen LogP contribution in [0, 0.1) is 0 Å². The molecule has 20 heavy (non-hydrogen) atoms. The van der Waals surface area contributed by atoms with Crippen molar-refractivity contribution in [2.75, 3.05) is 27.3 Å². The van der Waals surface area contributed by atoms with Crippen LogP contribution in [0.4, 0.5) is 0 Å². The molecular weight excluding hydrogens is 258 g/mol. The maximum Gasteiger partial charge on any atom is 0.325 e. The smallest absolute Gasteiger partial charge is 0.325 e. The molecule has 0 aliphatic carbocycles. The average Bonchev–Trinajstić information content (AvgIpc) is 2.45. The number of likely N-dealkylation sites (N-methyl/N-ethyl adjacent to an activating group) is 1. The Morgan fingerprint density at radius 2 is 1.85 bits per heavy atom. The van der Waals surface area contributed by atoms with Crippen LogP contribution in [0.3, 0.4) is 0 Å². The lowest BCUT2D eigenvalue weighted by molar-refractivity contribution is -0.148. The summed E-state index contributed by atoms with van der Waals surface area (Å²) in [5.41, 5.74) is 1.06. The molecule has 0 aliphatic heterocycles.